The lowest BCUT2D eigenvalue weighted by molar-refractivity contribution is 0.289. The van der Waals surface area contributed by atoms with Gasteiger partial charge in [-0.1, -0.05) is 13.0 Å². The second kappa shape index (κ2) is 5.34. The summed E-state index contributed by atoms with van der Waals surface area (Å²) in [6.45, 7) is 2.99. The van der Waals surface area contributed by atoms with Crippen LogP contribution in [0.3, 0.4) is 0 Å². The number of piperidine rings is 1. The quantitative estimate of drug-likeness (QED) is 0.832. The summed E-state index contributed by atoms with van der Waals surface area (Å²) in [4.78, 5) is 0. The highest BCUT2D eigenvalue weighted by Gasteiger charge is 2.27. The van der Waals surface area contributed by atoms with Gasteiger partial charge in [-0.05, 0) is 30.9 Å². The van der Waals surface area contributed by atoms with Crippen LogP contribution in [0.15, 0.2) is 18.2 Å². The van der Waals surface area contributed by atoms with E-state index in [0.29, 0.717) is 19.0 Å². The summed E-state index contributed by atoms with van der Waals surface area (Å²) in [6, 6.07) is 4.07. The summed E-state index contributed by atoms with van der Waals surface area (Å²) in [5, 5.41) is 0. The third-order valence-electron chi connectivity index (χ3n) is 3.36. The van der Waals surface area contributed by atoms with Gasteiger partial charge in [0.05, 0.1) is 5.69 Å². The summed E-state index contributed by atoms with van der Waals surface area (Å²) >= 11 is 0. The Bertz CT molecular complexity index is 534. The Kier molecular flexibility index (Phi) is 3.96. The number of hydrogen-bond donors (Lipinski definition) is 2. The lowest BCUT2D eigenvalue weighted by Gasteiger charge is -2.29. The molecule has 1 aromatic carbocycles. The second-order valence-electron chi connectivity index (χ2n) is 4.89. The topological polar surface area (TPSA) is 75.4 Å². The highest BCUT2D eigenvalue weighted by molar-refractivity contribution is 7.90. The molecule has 0 atom stereocenters. The minimum absolute atomic E-state index is 0.0777. The first-order chi connectivity index (χ1) is 8.90. The first kappa shape index (κ1) is 14.1. The largest absolute Gasteiger partial charge is 0.397 e. The molecule has 0 radical (unpaired) electrons. The molecule has 0 bridgehead atoms. The zero-order valence-corrected chi connectivity index (χ0v) is 11.6. The van der Waals surface area contributed by atoms with E-state index in [-0.39, 0.29) is 11.4 Å². The number of nitrogens with two attached hydrogens (primary N) is 1. The lowest BCUT2D eigenvalue weighted by atomic mass is 10.0. The van der Waals surface area contributed by atoms with E-state index in [9.17, 15) is 12.8 Å². The summed E-state index contributed by atoms with van der Waals surface area (Å²) < 4.78 is 41.5. The number of para-hydroxylation sites is 1. The third-order valence-corrected chi connectivity index (χ3v) is 4.87. The van der Waals surface area contributed by atoms with Crippen LogP contribution in [0.25, 0.3) is 0 Å². The maximum atomic E-state index is 13.6. The van der Waals surface area contributed by atoms with Crippen LogP contribution in [-0.4, -0.2) is 25.8 Å². The van der Waals surface area contributed by atoms with Crippen LogP contribution >= 0.6 is 0 Å². The van der Waals surface area contributed by atoms with Gasteiger partial charge in [-0.15, -0.1) is 0 Å². The fourth-order valence-electron chi connectivity index (χ4n) is 2.07. The van der Waals surface area contributed by atoms with E-state index >= 15 is 0 Å². The van der Waals surface area contributed by atoms with Crippen LogP contribution in [-0.2, 0) is 10.2 Å². The van der Waals surface area contributed by atoms with Crippen molar-refractivity contribution in [1.82, 2.24) is 4.31 Å². The Hall–Kier alpha value is -1.34. The number of nitrogen functional groups attached to an aromatic ring is 1. The van der Waals surface area contributed by atoms with Gasteiger partial charge in [0, 0.05) is 13.1 Å². The van der Waals surface area contributed by atoms with Crippen molar-refractivity contribution in [1.29, 1.82) is 0 Å². The van der Waals surface area contributed by atoms with Crippen molar-refractivity contribution >= 4 is 21.6 Å². The minimum atomic E-state index is -3.74. The fraction of sp³-hybridized carbons (Fsp3) is 0.500. The highest BCUT2D eigenvalue weighted by Crippen LogP contribution is 2.25. The average Bonchev–Trinajstić information content (AvgIpc) is 2.35. The van der Waals surface area contributed by atoms with Gasteiger partial charge < -0.3 is 5.73 Å². The predicted molar refractivity (Wildman–Crippen MR) is 73.3 cm³/mol. The molecule has 1 saturated heterocycles. The van der Waals surface area contributed by atoms with Crippen LogP contribution < -0.4 is 10.5 Å². The molecule has 0 unspecified atom stereocenters. The molecule has 0 spiro atoms. The number of nitrogens with zero attached hydrogens (tertiary/aromatic N) is 1. The fourth-order valence-corrected chi connectivity index (χ4v) is 3.36. The van der Waals surface area contributed by atoms with Gasteiger partial charge in [0.1, 0.15) is 11.5 Å². The summed E-state index contributed by atoms with van der Waals surface area (Å²) in [5.74, 6) is -0.154. The van der Waals surface area contributed by atoms with E-state index in [2.05, 4.69) is 11.6 Å². The maximum absolute atomic E-state index is 13.6. The van der Waals surface area contributed by atoms with Gasteiger partial charge in [-0.25, -0.2) is 4.39 Å². The summed E-state index contributed by atoms with van der Waals surface area (Å²) in [7, 11) is -3.74. The molecular formula is C12H18FN3O2S. The van der Waals surface area contributed by atoms with E-state index in [1.807, 2.05) is 0 Å². The Morgan fingerprint density at radius 1 is 1.37 bits per heavy atom. The first-order valence-corrected chi connectivity index (χ1v) is 7.66. The monoisotopic (exact) mass is 287 g/mol. The summed E-state index contributed by atoms with van der Waals surface area (Å²) in [6.07, 6.45) is 1.63. The van der Waals surface area contributed by atoms with E-state index in [4.69, 9.17) is 5.73 Å². The van der Waals surface area contributed by atoms with Crippen LogP contribution in [0.2, 0.25) is 0 Å². The van der Waals surface area contributed by atoms with Crippen molar-refractivity contribution < 1.29 is 12.8 Å². The van der Waals surface area contributed by atoms with Crippen molar-refractivity contribution in [2.75, 3.05) is 23.5 Å². The lowest BCUT2D eigenvalue weighted by Crippen LogP contribution is -2.41. The molecule has 0 amide bonds. The number of halogens is 1. The van der Waals surface area contributed by atoms with Gasteiger partial charge in [0.25, 0.3) is 0 Å². The molecule has 2 rings (SSSR count). The van der Waals surface area contributed by atoms with Gasteiger partial charge in [-0.2, -0.15) is 12.7 Å². The normalized spacial score (nSPS) is 18.4. The molecular weight excluding hydrogens is 269 g/mol. The molecule has 1 aliphatic heterocycles. The van der Waals surface area contributed by atoms with Crippen LogP contribution in [0, 0.1) is 11.7 Å². The third kappa shape index (κ3) is 3.16. The molecule has 5 nitrogen and oxygen atoms in total. The van der Waals surface area contributed by atoms with Crippen molar-refractivity contribution in [3.63, 3.8) is 0 Å². The summed E-state index contributed by atoms with van der Waals surface area (Å²) in [5.41, 5.74) is 5.49. The Balaban J connectivity index is 2.17. The van der Waals surface area contributed by atoms with Crippen LogP contribution in [0.1, 0.15) is 19.8 Å². The molecule has 1 fully saturated rings. The Labute approximate surface area is 112 Å². The standard InChI is InChI=1S/C12H18FN3O2S/c1-9-5-7-16(8-6-9)19(17,18)15-12-10(13)3-2-4-11(12)14/h2-4,9,15H,5-8,14H2,1H3. The molecule has 19 heavy (non-hydrogen) atoms. The van der Waals surface area contributed by atoms with E-state index in [1.165, 1.54) is 22.5 Å². The molecule has 106 valence electrons. The van der Waals surface area contributed by atoms with E-state index in [0.717, 1.165) is 12.8 Å². The smallest absolute Gasteiger partial charge is 0.301 e. The van der Waals surface area contributed by atoms with Gasteiger partial charge in [-0.3, -0.25) is 4.72 Å². The second-order valence-corrected chi connectivity index (χ2v) is 6.56. The zero-order valence-electron chi connectivity index (χ0n) is 10.8. The molecule has 0 saturated carbocycles. The highest BCUT2D eigenvalue weighted by atomic mass is 32.2. The zero-order chi connectivity index (χ0) is 14.0. The van der Waals surface area contributed by atoms with Crippen molar-refractivity contribution in [2.45, 2.75) is 19.8 Å². The molecule has 3 N–H and O–H groups in total. The van der Waals surface area contributed by atoms with Crippen molar-refractivity contribution in [2.24, 2.45) is 5.92 Å². The number of hydrogen-bond acceptors (Lipinski definition) is 3. The minimum Gasteiger partial charge on any atom is -0.397 e. The van der Waals surface area contributed by atoms with Gasteiger partial charge in [0.2, 0.25) is 0 Å². The first-order valence-electron chi connectivity index (χ1n) is 6.22. The molecule has 0 aliphatic carbocycles. The van der Waals surface area contributed by atoms with Crippen molar-refractivity contribution in [3.8, 4) is 0 Å². The SMILES string of the molecule is CC1CCN(S(=O)(=O)Nc2c(N)cccc2F)CC1. The number of rotatable bonds is 3. The molecule has 1 heterocycles. The van der Waals surface area contributed by atoms with Gasteiger partial charge in [0.15, 0.2) is 0 Å². The number of nitrogens with one attached hydrogen (secondary N) is 1. The maximum Gasteiger partial charge on any atom is 0.301 e. The van der Waals surface area contributed by atoms with Crippen LogP contribution in [0.5, 0.6) is 0 Å². The predicted octanol–water partition coefficient (Wildman–Crippen LogP) is 1.80. The Morgan fingerprint density at radius 2 is 2.00 bits per heavy atom. The van der Waals surface area contributed by atoms with Gasteiger partial charge >= 0.3 is 10.2 Å². The number of anilines is 2. The van der Waals surface area contributed by atoms with Crippen LogP contribution in [0.4, 0.5) is 15.8 Å². The molecule has 0 aromatic heterocycles. The average molecular weight is 287 g/mol. The number of benzene rings is 1. The van der Waals surface area contributed by atoms with Crippen molar-refractivity contribution in [3.05, 3.63) is 24.0 Å². The van der Waals surface area contributed by atoms with E-state index in [1.54, 1.807) is 0 Å². The Morgan fingerprint density at radius 3 is 2.58 bits per heavy atom. The molecule has 1 aliphatic rings. The van der Waals surface area contributed by atoms with E-state index < -0.39 is 16.0 Å². The molecule has 1 aromatic rings. The molecule has 7 heteroatoms.